The molecule has 0 bridgehead atoms. The summed E-state index contributed by atoms with van der Waals surface area (Å²) in [6.07, 6.45) is 5.76. The number of nitrogens with two attached hydrogens (primary N) is 1. The fourth-order valence-electron chi connectivity index (χ4n) is 1.94. The molecule has 0 saturated heterocycles. The van der Waals surface area contributed by atoms with E-state index >= 15 is 0 Å². The van der Waals surface area contributed by atoms with Crippen LogP contribution in [-0.2, 0) is 0 Å². The quantitative estimate of drug-likeness (QED) is 0.772. The van der Waals surface area contributed by atoms with Crippen molar-refractivity contribution in [2.75, 3.05) is 5.32 Å². The Labute approximate surface area is 94.7 Å². The van der Waals surface area contributed by atoms with Crippen molar-refractivity contribution in [1.82, 2.24) is 9.97 Å². The van der Waals surface area contributed by atoms with E-state index in [1.807, 2.05) is 6.07 Å². The molecule has 0 radical (unpaired) electrons. The maximum atomic E-state index is 8.72. The van der Waals surface area contributed by atoms with Crippen LogP contribution in [-0.4, -0.2) is 22.1 Å². The van der Waals surface area contributed by atoms with Crippen molar-refractivity contribution in [3.63, 3.8) is 0 Å². The fourth-order valence-corrected chi connectivity index (χ4v) is 1.94. The van der Waals surface area contributed by atoms with E-state index in [9.17, 15) is 0 Å². The molecular formula is C11H15N5. The van der Waals surface area contributed by atoms with Crippen LogP contribution >= 0.6 is 0 Å². The minimum atomic E-state index is 0.337. The molecule has 1 heterocycles. The van der Waals surface area contributed by atoms with Gasteiger partial charge in [-0.05, 0) is 31.7 Å². The third-order valence-corrected chi connectivity index (χ3v) is 2.88. The summed E-state index contributed by atoms with van der Waals surface area (Å²) in [6, 6.07) is 4.32. The van der Waals surface area contributed by atoms with Crippen LogP contribution in [0.15, 0.2) is 12.3 Å². The first-order valence-electron chi connectivity index (χ1n) is 5.53. The molecule has 0 unspecified atom stereocenters. The van der Waals surface area contributed by atoms with Crippen LogP contribution in [0.1, 0.15) is 31.4 Å². The van der Waals surface area contributed by atoms with Gasteiger partial charge < -0.3 is 11.1 Å². The Morgan fingerprint density at radius 2 is 2.12 bits per heavy atom. The monoisotopic (exact) mass is 217 g/mol. The van der Waals surface area contributed by atoms with Gasteiger partial charge in [0.15, 0.2) is 0 Å². The second-order valence-corrected chi connectivity index (χ2v) is 4.13. The van der Waals surface area contributed by atoms with Gasteiger partial charge in [-0.2, -0.15) is 5.26 Å². The first-order chi connectivity index (χ1) is 7.78. The minimum Gasteiger partial charge on any atom is -0.351 e. The lowest BCUT2D eigenvalue weighted by Crippen LogP contribution is -2.33. The highest BCUT2D eigenvalue weighted by Crippen LogP contribution is 2.19. The summed E-state index contributed by atoms with van der Waals surface area (Å²) >= 11 is 0. The summed E-state index contributed by atoms with van der Waals surface area (Å²) in [7, 11) is 0. The van der Waals surface area contributed by atoms with Crippen LogP contribution in [0.2, 0.25) is 0 Å². The smallest absolute Gasteiger partial charge is 0.224 e. The van der Waals surface area contributed by atoms with Crippen LogP contribution in [0, 0.1) is 11.3 Å². The van der Waals surface area contributed by atoms with E-state index in [0.717, 1.165) is 25.7 Å². The largest absolute Gasteiger partial charge is 0.351 e. The third kappa shape index (κ3) is 2.67. The number of hydrogen-bond acceptors (Lipinski definition) is 5. The van der Waals surface area contributed by atoms with Crippen molar-refractivity contribution in [1.29, 1.82) is 5.26 Å². The van der Waals surface area contributed by atoms with E-state index in [0.29, 0.717) is 23.7 Å². The first kappa shape index (κ1) is 10.8. The first-order valence-corrected chi connectivity index (χ1v) is 5.53. The molecule has 1 saturated carbocycles. The van der Waals surface area contributed by atoms with Gasteiger partial charge in [0.2, 0.25) is 5.95 Å². The molecule has 0 amide bonds. The summed E-state index contributed by atoms with van der Waals surface area (Å²) < 4.78 is 0. The second-order valence-electron chi connectivity index (χ2n) is 4.13. The predicted octanol–water partition coefficient (Wildman–Crippen LogP) is 1.03. The SMILES string of the molecule is N#Cc1ccnc(NC2CCC(N)CC2)n1. The fraction of sp³-hybridized carbons (Fsp3) is 0.545. The zero-order valence-electron chi connectivity index (χ0n) is 9.06. The Balaban J connectivity index is 1.96. The molecule has 1 aromatic heterocycles. The highest BCUT2D eigenvalue weighted by Gasteiger charge is 2.18. The molecule has 0 aromatic carbocycles. The topological polar surface area (TPSA) is 87.6 Å². The molecule has 84 valence electrons. The lowest BCUT2D eigenvalue weighted by atomic mass is 9.92. The summed E-state index contributed by atoms with van der Waals surface area (Å²) in [5.41, 5.74) is 6.23. The number of nitriles is 1. The van der Waals surface area contributed by atoms with E-state index in [4.69, 9.17) is 11.0 Å². The van der Waals surface area contributed by atoms with Gasteiger partial charge in [-0.3, -0.25) is 0 Å². The van der Waals surface area contributed by atoms with Gasteiger partial charge in [0, 0.05) is 18.3 Å². The van der Waals surface area contributed by atoms with Gasteiger partial charge in [0.1, 0.15) is 11.8 Å². The average molecular weight is 217 g/mol. The highest BCUT2D eigenvalue weighted by molar-refractivity contribution is 5.31. The molecular weight excluding hydrogens is 202 g/mol. The maximum Gasteiger partial charge on any atom is 0.224 e. The molecule has 0 spiro atoms. The number of rotatable bonds is 2. The molecule has 1 fully saturated rings. The van der Waals surface area contributed by atoms with Gasteiger partial charge in [-0.25, -0.2) is 9.97 Å². The van der Waals surface area contributed by atoms with Crippen LogP contribution in [0.4, 0.5) is 5.95 Å². The molecule has 1 aromatic rings. The maximum absolute atomic E-state index is 8.72. The van der Waals surface area contributed by atoms with Crippen LogP contribution < -0.4 is 11.1 Å². The molecule has 0 atom stereocenters. The van der Waals surface area contributed by atoms with Crippen LogP contribution in [0.25, 0.3) is 0 Å². The van der Waals surface area contributed by atoms with E-state index in [1.165, 1.54) is 0 Å². The lowest BCUT2D eigenvalue weighted by molar-refractivity contribution is 0.410. The van der Waals surface area contributed by atoms with Crippen molar-refractivity contribution < 1.29 is 0 Å². The van der Waals surface area contributed by atoms with Crippen molar-refractivity contribution >= 4 is 5.95 Å². The molecule has 2 rings (SSSR count). The molecule has 0 aliphatic heterocycles. The van der Waals surface area contributed by atoms with Crippen molar-refractivity contribution in [3.8, 4) is 6.07 Å². The van der Waals surface area contributed by atoms with Crippen molar-refractivity contribution in [2.24, 2.45) is 5.73 Å². The normalized spacial score (nSPS) is 24.8. The van der Waals surface area contributed by atoms with Gasteiger partial charge in [0.25, 0.3) is 0 Å². The Morgan fingerprint density at radius 3 is 2.81 bits per heavy atom. The Hall–Kier alpha value is -1.67. The van der Waals surface area contributed by atoms with Gasteiger partial charge in [0.05, 0.1) is 0 Å². The van der Waals surface area contributed by atoms with Gasteiger partial charge >= 0.3 is 0 Å². The Kier molecular flexibility index (Phi) is 3.32. The van der Waals surface area contributed by atoms with E-state index < -0.39 is 0 Å². The van der Waals surface area contributed by atoms with E-state index in [2.05, 4.69) is 15.3 Å². The summed E-state index contributed by atoms with van der Waals surface area (Å²) in [5.74, 6) is 0.541. The average Bonchev–Trinajstić information content (AvgIpc) is 2.32. The zero-order valence-corrected chi connectivity index (χ0v) is 9.06. The molecule has 5 heteroatoms. The van der Waals surface area contributed by atoms with Crippen molar-refractivity contribution in [2.45, 2.75) is 37.8 Å². The number of hydrogen-bond donors (Lipinski definition) is 2. The van der Waals surface area contributed by atoms with Gasteiger partial charge in [-0.1, -0.05) is 0 Å². The highest BCUT2D eigenvalue weighted by atomic mass is 15.1. The molecule has 1 aliphatic carbocycles. The molecule has 1 aliphatic rings. The van der Waals surface area contributed by atoms with E-state index in [1.54, 1.807) is 12.3 Å². The van der Waals surface area contributed by atoms with E-state index in [-0.39, 0.29) is 0 Å². The Bertz CT molecular complexity index is 390. The summed E-state index contributed by atoms with van der Waals surface area (Å²) in [4.78, 5) is 8.19. The molecule has 16 heavy (non-hydrogen) atoms. The molecule has 3 N–H and O–H groups in total. The second kappa shape index (κ2) is 4.90. The standard InChI is InChI=1S/C11H15N5/c12-7-10-5-6-14-11(16-10)15-9-3-1-8(13)2-4-9/h5-6,8-9H,1-4,13H2,(H,14,15,16). The Morgan fingerprint density at radius 1 is 1.38 bits per heavy atom. The number of nitrogens with zero attached hydrogens (tertiary/aromatic N) is 3. The lowest BCUT2D eigenvalue weighted by Gasteiger charge is -2.26. The number of nitrogens with one attached hydrogen (secondary N) is 1. The van der Waals surface area contributed by atoms with Crippen LogP contribution in [0.5, 0.6) is 0 Å². The number of aromatic nitrogens is 2. The summed E-state index contributed by atoms with van der Waals surface area (Å²) in [6.45, 7) is 0. The predicted molar refractivity (Wildman–Crippen MR) is 60.6 cm³/mol. The third-order valence-electron chi connectivity index (χ3n) is 2.88. The van der Waals surface area contributed by atoms with Crippen LogP contribution in [0.3, 0.4) is 0 Å². The number of anilines is 1. The minimum absolute atomic E-state index is 0.337. The molecule has 5 nitrogen and oxygen atoms in total. The van der Waals surface area contributed by atoms with Gasteiger partial charge in [-0.15, -0.1) is 0 Å². The zero-order chi connectivity index (χ0) is 11.4. The summed E-state index contributed by atoms with van der Waals surface area (Å²) in [5, 5.41) is 12.0. The van der Waals surface area contributed by atoms with Crippen molar-refractivity contribution in [3.05, 3.63) is 18.0 Å².